The molecule has 1 heterocycles. The van der Waals surface area contributed by atoms with Crippen molar-refractivity contribution in [1.82, 2.24) is 4.31 Å². The molecule has 0 saturated carbocycles. The molecule has 0 atom stereocenters. The van der Waals surface area contributed by atoms with Crippen molar-refractivity contribution in [3.63, 3.8) is 0 Å². The minimum atomic E-state index is -3.73. The number of aliphatic hydroxyl groups is 1. The standard InChI is InChI=1S/C17H18FNO3S/c18-15-7-4-8-16(13-15)23(21,22)19-11-9-17(20,10-12-19)14-5-2-1-3-6-14/h1-8,13,20H,9-12H2. The van der Waals surface area contributed by atoms with Crippen molar-refractivity contribution in [2.45, 2.75) is 23.3 Å². The third-order valence-electron chi connectivity index (χ3n) is 4.29. The van der Waals surface area contributed by atoms with Gasteiger partial charge in [0.1, 0.15) is 5.82 Å². The van der Waals surface area contributed by atoms with E-state index in [0.717, 1.165) is 11.6 Å². The summed E-state index contributed by atoms with van der Waals surface area (Å²) in [7, 11) is -3.73. The number of rotatable bonds is 3. The van der Waals surface area contributed by atoms with Crippen LogP contribution in [0.25, 0.3) is 0 Å². The molecule has 0 aromatic heterocycles. The van der Waals surface area contributed by atoms with Gasteiger partial charge in [-0.3, -0.25) is 0 Å². The summed E-state index contributed by atoms with van der Waals surface area (Å²) < 4.78 is 39.7. The molecule has 1 saturated heterocycles. The molecule has 2 aromatic rings. The molecule has 1 N–H and O–H groups in total. The largest absolute Gasteiger partial charge is 0.385 e. The fourth-order valence-corrected chi connectivity index (χ4v) is 4.38. The lowest BCUT2D eigenvalue weighted by atomic mass is 9.85. The van der Waals surface area contributed by atoms with Gasteiger partial charge in [0.2, 0.25) is 10.0 Å². The first-order valence-corrected chi connectivity index (χ1v) is 8.89. The summed E-state index contributed by atoms with van der Waals surface area (Å²) in [5.74, 6) is -0.580. The monoisotopic (exact) mass is 335 g/mol. The summed E-state index contributed by atoms with van der Waals surface area (Å²) in [6.07, 6.45) is 0.622. The lowest BCUT2D eigenvalue weighted by Crippen LogP contribution is -2.45. The number of benzene rings is 2. The fraction of sp³-hybridized carbons (Fsp3) is 0.294. The second-order valence-electron chi connectivity index (χ2n) is 5.76. The Morgan fingerprint density at radius 1 is 1.00 bits per heavy atom. The van der Waals surface area contributed by atoms with Gasteiger partial charge in [-0.2, -0.15) is 4.31 Å². The van der Waals surface area contributed by atoms with E-state index < -0.39 is 21.4 Å². The quantitative estimate of drug-likeness (QED) is 0.938. The third-order valence-corrected chi connectivity index (χ3v) is 6.19. The van der Waals surface area contributed by atoms with E-state index in [4.69, 9.17) is 0 Å². The summed E-state index contributed by atoms with van der Waals surface area (Å²) in [5.41, 5.74) is -0.224. The zero-order chi connectivity index (χ0) is 16.5. The number of sulfonamides is 1. The van der Waals surface area contributed by atoms with Crippen LogP contribution >= 0.6 is 0 Å². The maximum Gasteiger partial charge on any atom is 0.243 e. The van der Waals surface area contributed by atoms with E-state index >= 15 is 0 Å². The van der Waals surface area contributed by atoms with Gasteiger partial charge in [-0.05, 0) is 36.6 Å². The molecule has 3 rings (SSSR count). The van der Waals surface area contributed by atoms with E-state index in [9.17, 15) is 17.9 Å². The summed E-state index contributed by atoms with van der Waals surface area (Å²) >= 11 is 0. The average Bonchev–Trinajstić information content (AvgIpc) is 2.56. The van der Waals surface area contributed by atoms with E-state index in [0.29, 0.717) is 12.8 Å². The summed E-state index contributed by atoms with van der Waals surface area (Å²) in [4.78, 5) is -0.0531. The lowest BCUT2D eigenvalue weighted by Gasteiger charge is -2.37. The van der Waals surface area contributed by atoms with Gasteiger partial charge in [-0.15, -0.1) is 0 Å². The molecule has 23 heavy (non-hydrogen) atoms. The van der Waals surface area contributed by atoms with Crippen LogP contribution in [0.2, 0.25) is 0 Å². The topological polar surface area (TPSA) is 57.6 Å². The van der Waals surface area contributed by atoms with E-state index in [2.05, 4.69) is 0 Å². The van der Waals surface area contributed by atoms with Crippen molar-refractivity contribution in [3.8, 4) is 0 Å². The van der Waals surface area contributed by atoms with E-state index in [1.54, 1.807) is 0 Å². The number of hydrogen-bond donors (Lipinski definition) is 1. The van der Waals surface area contributed by atoms with E-state index in [1.807, 2.05) is 30.3 Å². The molecule has 2 aromatic carbocycles. The minimum absolute atomic E-state index is 0.0531. The smallest absolute Gasteiger partial charge is 0.243 e. The van der Waals surface area contributed by atoms with Crippen LogP contribution < -0.4 is 0 Å². The summed E-state index contributed by atoms with van der Waals surface area (Å²) in [6.45, 7) is 0.397. The highest BCUT2D eigenvalue weighted by Gasteiger charge is 2.38. The number of piperidine rings is 1. The number of hydrogen-bond acceptors (Lipinski definition) is 3. The fourth-order valence-electron chi connectivity index (χ4n) is 2.91. The molecule has 0 aliphatic carbocycles. The highest BCUT2D eigenvalue weighted by Crippen LogP contribution is 2.34. The Morgan fingerprint density at radius 2 is 1.65 bits per heavy atom. The lowest BCUT2D eigenvalue weighted by molar-refractivity contribution is -0.00961. The minimum Gasteiger partial charge on any atom is -0.385 e. The van der Waals surface area contributed by atoms with Crippen LogP contribution in [0.1, 0.15) is 18.4 Å². The Kier molecular flexibility index (Phi) is 4.23. The first kappa shape index (κ1) is 16.1. The molecule has 6 heteroatoms. The summed E-state index contributed by atoms with van der Waals surface area (Å²) in [5, 5.41) is 10.8. The Bertz CT molecular complexity index is 784. The molecule has 1 aliphatic rings. The molecule has 1 fully saturated rings. The summed E-state index contributed by atoms with van der Waals surface area (Å²) in [6, 6.07) is 14.3. The maximum absolute atomic E-state index is 13.3. The van der Waals surface area contributed by atoms with Crippen LogP contribution in [-0.2, 0) is 15.6 Å². The molecule has 0 spiro atoms. The van der Waals surface area contributed by atoms with Crippen LogP contribution in [0, 0.1) is 5.82 Å². The first-order valence-electron chi connectivity index (χ1n) is 7.45. The normalized spacial score (nSPS) is 18.7. The molecule has 4 nitrogen and oxygen atoms in total. The number of halogens is 1. The molecular formula is C17H18FNO3S. The molecule has 0 bridgehead atoms. The van der Waals surface area contributed by atoms with Gasteiger partial charge in [-0.1, -0.05) is 36.4 Å². The van der Waals surface area contributed by atoms with Crippen molar-refractivity contribution in [2.24, 2.45) is 0 Å². The predicted octanol–water partition coefficient (Wildman–Crippen LogP) is 2.50. The van der Waals surface area contributed by atoms with E-state index in [-0.39, 0.29) is 18.0 Å². The van der Waals surface area contributed by atoms with Crippen molar-refractivity contribution in [2.75, 3.05) is 13.1 Å². The third kappa shape index (κ3) is 3.15. The van der Waals surface area contributed by atoms with Gasteiger partial charge in [-0.25, -0.2) is 12.8 Å². The number of nitrogens with zero attached hydrogens (tertiary/aromatic N) is 1. The SMILES string of the molecule is O=S(=O)(c1cccc(F)c1)N1CCC(O)(c2ccccc2)CC1. The average molecular weight is 335 g/mol. The highest BCUT2D eigenvalue weighted by molar-refractivity contribution is 7.89. The zero-order valence-electron chi connectivity index (χ0n) is 12.5. The van der Waals surface area contributed by atoms with Crippen LogP contribution in [0.3, 0.4) is 0 Å². The van der Waals surface area contributed by atoms with Gasteiger partial charge in [0.25, 0.3) is 0 Å². The van der Waals surface area contributed by atoms with Crippen LogP contribution in [-0.4, -0.2) is 30.9 Å². The Labute approximate surface area is 135 Å². The van der Waals surface area contributed by atoms with Gasteiger partial charge < -0.3 is 5.11 Å². The van der Waals surface area contributed by atoms with Crippen LogP contribution in [0.15, 0.2) is 59.5 Å². The van der Waals surface area contributed by atoms with Crippen LogP contribution in [0.4, 0.5) is 4.39 Å². The Hall–Kier alpha value is -1.76. The molecular weight excluding hydrogens is 317 g/mol. The van der Waals surface area contributed by atoms with E-state index in [1.165, 1.54) is 22.5 Å². The van der Waals surface area contributed by atoms with Gasteiger partial charge in [0.15, 0.2) is 0 Å². The highest BCUT2D eigenvalue weighted by atomic mass is 32.2. The molecule has 0 unspecified atom stereocenters. The zero-order valence-corrected chi connectivity index (χ0v) is 13.3. The van der Waals surface area contributed by atoms with Crippen molar-refractivity contribution >= 4 is 10.0 Å². The van der Waals surface area contributed by atoms with Crippen molar-refractivity contribution in [1.29, 1.82) is 0 Å². The molecule has 0 radical (unpaired) electrons. The second kappa shape index (κ2) is 6.03. The van der Waals surface area contributed by atoms with Gasteiger partial charge >= 0.3 is 0 Å². The molecule has 0 amide bonds. The molecule has 1 aliphatic heterocycles. The maximum atomic E-state index is 13.3. The molecule has 122 valence electrons. The Balaban J connectivity index is 1.79. The first-order chi connectivity index (χ1) is 10.9. The van der Waals surface area contributed by atoms with Crippen molar-refractivity contribution < 1.29 is 17.9 Å². The Morgan fingerprint density at radius 3 is 2.26 bits per heavy atom. The van der Waals surface area contributed by atoms with Crippen molar-refractivity contribution in [3.05, 3.63) is 66.0 Å². The predicted molar refractivity (Wildman–Crippen MR) is 84.7 cm³/mol. The second-order valence-corrected chi connectivity index (χ2v) is 7.70. The van der Waals surface area contributed by atoms with Crippen LogP contribution in [0.5, 0.6) is 0 Å². The van der Waals surface area contributed by atoms with Gasteiger partial charge in [0.05, 0.1) is 10.5 Å². The van der Waals surface area contributed by atoms with Gasteiger partial charge in [0, 0.05) is 13.1 Å².